The predicted molar refractivity (Wildman–Crippen MR) is 98.7 cm³/mol. The Morgan fingerprint density at radius 3 is 2.72 bits per heavy atom. The Hall–Kier alpha value is -2.60. The van der Waals surface area contributed by atoms with Gasteiger partial charge in [-0.15, -0.1) is 0 Å². The number of benzene rings is 2. The summed E-state index contributed by atoms with van der Waals surface area (Å²) < 4.78 is 8.12. The number of carbonyl (C=O) groups is 1. The van der Waals surface area contributed by atoms with Crippen molar-refractivity contribution < 1.29 is 9.53 Å². The molecule has 1 aromatic heterocycles. The van der Waals surface area contributed by atoms with Crippen LogP contribution in [0.5, 0.6) is 5.75 Å². The fourth-order valence-electron chi connectivity index (χ4n) is 3.22. The van der Waals surface area contributed by atoms with Crippen LogP contribution in [-0.2, 0) is 11.3 Å². The van der Waals surface area contributed by atoms with Crippen molar-refractivity contribution in [2.45, 2.75) is 12.6 Å². The van der Waals surface area contributed by atoms with Gasteiger partial charge in [0.1, 0.15) is 18.3 Å². The largest absolute Gasteiger partial charge is 0.497 e. The molecule has 0 N–H and O–H groups in total. The van der Waals surface area contributed by atoms with Crippen LogP contribution in [0.25, 0.3) is 0 Å². The van der Waals surface area contributed by atoms with Gasteiger partial charge in [-0.05, 0) is 42.0 Å². The van der Waals surface area contributed by atoms with Crippen molar-refractivity contribution in [3.8, 4) is 5.75 Å². The fraction of sp³-hybridized carbons (Fsp3) is 0.158. The summed E-state index contributed by atoms with van der Waals surface area (Å²) in [5, 5.41) is 0. The van der Waals surface area contributed by atoms with Gasteiger partial charge >= 0.3 is 0 Å². The lowest BCUT2D eigenvalue weighted by molar-refractivity contribution is -0.120. The second-order valence-corrected chi connectivity index (χ2v) is 6.78. The smallest absolute Gasteiger partial charge is 0.247 e. The van der Waals surface area contributed by atoms with E-state index in [1.165, 1.54) is 0 Å². The molecule has 6 heteroatoms. The van der Waals surface area contributed by atoms with E-state index in [1.807, 2.05) is 64.2 Å². The van der Waals surface area contributed by atoms with Crippen molar-refractivity contribution in [1.29, 1.82) is 0 Å². The SMILES string of the molecule is COc1ccc(N2C(=O)Cn3cncc3C2c2cccc(Br)c2)cc1. The lowest BCUT2D eigenvalue weighted by atomic mass is 9.99. The van der Waals surface area contributed by atoms with Gasteiger partial charge in [0.15, 0.2) is 0 Å². The van der Waals surface area contributed by atoms with E-state index in [2.05, 4.69) is 20.9 Å². The minimum atomic E-state index is -0.227. The molecule has 2 aromatic carbocycles. The van der Waals surface area contributed by atoms with E-state index in [-0.39, 0.29) is 18.5 Å². The summed E-state index contributed by atoms with van der Waals surface area (Å²) in [6.07, 6.45) is 3.54. The summed E-state index contributed by atoms with van der Waals surface area (Å²) in [5.41, 5.74) is 2.86. The summed E-state index contributed by atoms with van der Waals surface area (Å²) >= 11 is 3.53. The summed E-state index contributed by atoms with van der Waals surface area (Å²) in [6, 6.07) is 15.4. The highest BCUT2D eigenvalue weighted by atomic mass is 79.9. The second-order valence-electron chi connectivity index (χ2n) is 5.87. The molecule has 0 saturated heterocycles. The molecule has 126 valence electrons. The lowest BCUT2D eigenvalue weighted by Crippen LogP contribution is -2.43. The number of aromatic nitrogens is 2. The quantitative estimate of drug-likeness (QED) is 0.675. The number of rotatable bonds is 3. The molecule has 0 radical (unpaired) electrons. The number of fused-ring (bicyclic) bond motifs is 1. The van der Waals surface area contributed by atoms with Crippen molar-refractivity contribution in [1.82, 2.24) is 9.55 Å². The van der Waals surface area contributed by atoms with Crippen LogP contribution in [-0.4, -0.2) is 22.6 Å². The van der Waals surface area contributed by atoms with E-state index in [0.717, 1.165) is 27.2 Å². The molecule has 0 bridgehead atoms. The molecule has 0 spiro atoms. The molecule has 25 heavy (non-hydrogen) atoms. The number of carbonyl (C=O) groups excluding carboxylic acids is 1. The number of hydrogen-bond acceptors (Lipinski definition) is 3. The van der Waals surface area contributed by atoms with Gasteiger partial charge in [-0.3, -0.25) is 9.69 Å². The van der Waals surface area contributed by atoms with Gasteiger partial charge in [0, 0.05) is 10.2 Å². The molecule has 5 nitrogen and oxygen atoms in total. The zero-order valence-electron chi connectivity index (χ0n) is 13.6. The molecular weight excluding hydrogens is 382 g/mol. The first-order chi connectivity index (χ1) is 12.2. The van der Waals surface area contributed by atoms with Crippen LogP contribution in [0.3, 0.4) is 0 Å². The standard InChI is InChI=1S/C19H16BrN3O2/c1-25-16-7-5-15(6-8-16)23-18(24)11-22-12-21-10-17(22)19(23)13-3-2-4-14(20)9-13/h2-10,12,19H,11H2,1H3. The van der Waals surface area contributed by atoms with E-state index in [1.54, 1.807) is 13.4 Å². The average molecular weight is 398 g/mol. The van der Waals surface area contributed by atoms with Gasteiger partial charge in [-0.1, -0.05) is 28.1 Å². The van der Waals surface area contributed by atoms with Crippen molar-refractivity contribution in [2.24, 2.45) is 0 Å². The number of ether oxygens (including phenoxy) is 1. The topological polar surface area (TPSA) is 47.4 Å². The number of anilines is 1. The van der Waals surface area contributed by atoms with Gasteiger partial charge in [-0.25, -0.2) is 4.98 Å². The predicted octanol–water partition coefficient (Wildman–Crippen LogP) is 3.79. The Morgan fingerprint density at radius 2 is 2.00 bits per heavy atom. The van der Waals surface area contributed by atoms with Crippen LogP contribution in [0.4, 0.5) is 5.69 Å². The molecular formula is C19H16BrN3O2. The van der Waals surface area contributed by atoms with Crippen molar-refractivity contribution in [2.75, 3.05) is 12.0 Å². The first-order valence-electron chi connectivity index (χ1n) is 7.89. The Morgan fingerprint density at radius 1 is 1.20 bits per heavy atom. The van der Waals surface area contributed by atoms with E-state index >= 15 is 0 Å². The molecule has 1 aliphatic heterocycles. The maximum absolute atomic E-state index is 12.9. The Balaban J connectivity index is 1.86. The number of hydrogen-bond donors (Lipinski definition) is 0. The second kappa shape index (κ2) is 6.37. The zero-order valence-corrected chi connectivity index (χ0v) is 15.2. The molecule has 2 heterocycles. The van der Waals surface area contributed by atoms with Crippen molar-refractivity contribution in [3.05, 3.63) is 76.8 Å². The van der Waals surface area contributed by atoms with Crippen LogP contribution >= 0.6 is 15.9 Å². The number of halogens is 1. The highest BCUT2D eigenvalue weighted by Gasteiger charge is 2.35. The van der Waals surface area contributed by atoms with Gasteiger partial charge in [0.05, 0.1) is 25.3 Å². The maximum atomic E-state index is 12.9. The molecule has 1 unspecified atom stereocenters. The van der Waals surface area contributed by atoms with Crippen LogP contribution in [0, 0.1) is 0 Å². The summed E-state index contributed by atoms with van der Waals surface area (Å²) in [5.74, 6) is 0.790. The van der Waals surface area contributed by atoms with Crippen LogP contribution in [0.2, 0.25) is 0 Å². The average Bonchev–Trinajstić information content (AvgIpc) is 3.08. The molecule has 0 saturated carbocycles. The lowest BCUT2D eigenvalue weighted by Gasteiger charge is -2.36. The number of imidazole rings is 1. The molecule has 4 rings (SSSR count). The molecule has 1 atom stereocenters. The third kappa shape index (κ3) is 2.82. The molecule has 1 aliphatic rings. The number of methoxy groups -OCH3 is 1. The van der Waals surface area contributed by atoms with Gasteiger partial charge in [0.2, 0.25) is 5.91 Å². The van der Waals surface area contributed by atoms with Gasteiger partial charge < -0.3 is 9.30 Å². The normalized spacial score (nSPS) is 16.6. The van der Waals surface area contributed by atoms with Crippen LogP contribution < -0.4 is 9.64 Å². The van der Waals surface area contributed by atoms with Crippen LogP contribution in [0.1, 0.15) is 17.3 Å². The summed E-state index contributed by atoms with van der Waals surface area (Å²) in [4.78, 5) is 19.0. The summed E-state index contributed by atoms with van der Waals surface area (Å²) in [6.45, 7) is 0.284. The maximum Gasteiger partial charge on any atom is 0.247 e. The van der Waals surface area contributed by atoms with E-state index in [4.69, 9.17) is 4.74 Å². The van der Waals surface area contributed by atoms with Crippen molar-refractivity contribution in [3.63, 3.8) is 0 Å². The van der Waals surface area contributed by atoms with Crippen molar-refractivity contribution >= 4 is 27.5 Å². The first kappa shape index (κ1) is 15.9. The van der Waals surface area contributed by atoms with E-state index < -0.39 is 0 Å². The van der Waals surface area contributed by atoms with Gasteiger partial charge in [-0.2, -0.15) is 0 Å². The number of amides is 1. The minimum Gasteiger partial charge on any atom is -0.497 e. The highest BCUT2D eigenvalue weighted by molar-refractivity contribution is 9.10. The molecule has 1 amide bonds. The molecule has 0 aliphatic carbocycles. The summed E-state index contributed by atoms with van der Waals surface area (Å²) in [7, 11) is 1.63. The van der Waals surface area contributed by atoms with E-state index in [0.29, 0.717) is 0 Å². The number of nitrogens with zero attached hydrogens (tertiary/aromatic N) is 3. The Bertz CT molecular complexity index is 920. The molecule has 0 fully saturated rings. The monoisotopic (exact) mass is 397 g/mol. The fourth-order valence-corrected chi connectivity index (χ4v) is 3.64. The first-order valence-corrected chi connectivity index (χ1v) is 8.68. The van der Waals surface area contributed by atoms with Gasteiger partial charge in [0.25, 0.3) is 0 Å². The zero-order chi connectivity index (χ0) is 17.4. The highest BCUT2D eigenvalue weighted by Crippen LogP contribution is 2.37. The molecule has 3 aromatic rings. The van der Waals surface area contributed by atoms with E-state index in [9.17, 15) is 4.79 Å². The minimum absolute atomic E-state index is 0.0284. The van der Waals surface area contributed by atoms with Crippen LogP contribution in [0.15, 0.2) is 65.5 Å². The Labute approximate surface area is 154 Å². The Kier molecular flexibility index (Phi) is 4.05. The third-order valence-corrected chi connectivity index (χ3v) is 4.87. The third-order valence-electron chi connectivity index (χ3n) is 4.37.